The van der Waals surface area contributed by atoms with E-state index in [0.29, 0.717) is 5.92 Å². The van der Waals surface area contributed by atoms with Gasteiger partial charge in [0, 0.05) is 10.4 Å². The number of hydrogen-bond donors (Lipinski definition) is 2. The lowest BCUT2D eigenvalue weighted by atomic mass is 9.97. The zero-order valence-electron chi connectivity index (χ0n) is 15.9. The third kappa shape index (κ3) is 3.60. The van der Waals surface area contributed by atoms with Crippen LogP contribution in [0.5, 0.6) is 0 Å². The Bertz CT molecular complexity index is 867. The maximum absolute atomic E-state index is 9.58. The van der Waals surface area contributed by atoms with Crippen molar-refractivity contribution in [3.05, 3.63) is 41.0 Å². The Morgan fingerprint density at radius 1 is 1.12 bits per heavy atom. The average molecular weight is 370 g/mol. The van der Waals surface area contributed by atoms with Crippen molar-refractivity contribution in [3.8, 4) is 11.1 Å². The molecule has 2 N–H and O–H groups in total. The molecule has 0 saturated carbocycles. The van der Waals surface area contributed by atoms with E-state index in [1.807, 2.05) is 0 Å². The van der Waals surface area contributed by atoms with Gasteiger partial charge < -0.3 is 10.4 Å². The van der Waals surface area contributed by atoms with Crippen LogP contribution in [0.15, 0.2) is 30.6 Å². The predicted octanol–water partition coefficient (Wildman–Crippen LogP) is 5.23. The van der Waals surface area contributed by atoms with Crippen LogP contribution in [0.2, 0.25) is 0 Å². The molecule has 3 aromatic rings. The Labute approximate surface area is 159 Å². The van der Waals surface area contributed by atoms with Gasteiger partial charge in [0.05, 0.1) is 18.0 Å². The van der Waals surface area contributed by atoms with Crippen LogP contribution in [-0.4, -0.2) is 27.7 Å². The number of aromatic nitrogens is 2. The number of aliphatic hydroxyl groups is 1. The quantitative estimate of drug-likeness (QED) is 0.599. The summed E-state index contributed by atoms with van der Waals surface area (Å²) in [5.74, 6) is 1.33. The molecule has 0 amide bonds. The van der Waals surface area contributed by atoms with Gasteiger partial charge in [-0.1, -0.05) is 52.0 Å². The van der Waals surface area contributed by atoms with Crippen molar-refractivity contribution in [1.82, 2.24) is 9.97 Å². The fraction of sp³-hybridized carbons (Fsp3) is 0.429. The Balaban J connectivity index is 2.16. The second-order valence-electron chi connectivity index (χ2n) is 6.87. The summed E-state index contributed by atoms with van der Waals surface area (Å²) in [5, 5.41) is 14.0. The number of fused-ring (bicyclic) bond motifs is 1. The summed E-state index contributed by atoms with van der Waals surface area (Å²) in [4.78, 5) is 11.3. The zero-order valence-corrected chi connectivity index (χ0v) is 16.7. The molecule has 0 aliphatic rings. The molecule has 0 fully saturated rings. The molecule has 0 saturated heterocycles. The lowest BCUT2D eigenvalue weighted by molar-refractivity contribution is 0.271. The van der Waals surface area contributed by atoms with Gasteiger partial charge in [0.1, 0.15) is 17.0 Å². The molecule has 0 radical (unpaired) electrons. The second-order valence-corrected chi connectivity index (χ2v) is 7.95. The van der Waals surface area contributed by atoms with Crippen LogP contribution in [0.3, 0.4) is 0 Å². The number of nitrogens with zero attached hydrogens (tertiary/aromatic N) is 2. The Hall–Kier alpha value is -1.98. The molecule has 1 atom stereocenters. The Morgan fingerprint density at radius 3 is 2.42 bits per heavy atom. The molecule has 0 bridgehead atoms. The largest absolute Gasteiger partial charge is 0.394 e. The summed E-state index contributed by atoms with van der Waals surface area (Å²) in [6.07, 6.45) is 3.40. The van der Waals surface area contributed by atoms with Gasteiger partial charge >= 0.3 is 0 Å². The van der Waals surface area contributed by atoms with Crippen molar-refractivity contribution < 1.29 is 5.11 Å². The highest BCUT2D eigenvalue weighted by atomic mass is 32.1. The van der Waals surface area contributed by atoms with Crippen molar-refractivity contribution in [1.29, 1.82) is 0 Å². The van der Waals surface area contributed by atoms with E-state index in [1.165, 1.54) is 21.6 Å². The minimum Gasteiger partial charge on any atom is -0.394 e. The van der Waals surface area contributed by atoms with Gasteiger partial charge in [0.25, 0.3) is 0 Å². The van der Waals surface area contributed by atoms with Crippen LogP contribution in [0.1, 0.15) is 50.5 Å². The molecule has 4 nitrogen and oxygen atoms in total. The van der Waals surface area contributed by atoms with Gasteiger partial charge in [-0.2, -0.15) is 0 Å². The van der Waals surface area contributed by atoms with Crippen LogP contribution in [0.25, 0.3) is 21.3 Å². The number of aliphatic hydroxyl groups excluding tert-OH is 1. The molecular formula is C21H27N3OS. The molecule has 3 rings (SSSR count). The maximum Gasteiger partial charge on any atom is 0.139 e. The van der Waals surface area contributed by atoms with E-state index in [0.717, 1.165) is 28.9 Å². The van der Waals surface area contributed by atoms with Gasteiger partial charge in [-0.05, 0) is 29.9 Å². The van der Waals surface area contributed by atoms with Crippen molar-refractivity contribution in [2.45, 2.75) is 52.5 Å². The van der Waals surface area contributed by atoms with Gasteiger partial charge in [-0.25, -0.2) is 9.97 Å². The molecule has 0 spiro atoms. The number of nitrogens with one attached hydrogen (secondary N) is 1. The van der Waals surface area contributed by atoms with E-state index in [1.54, 1.807) is 17.7 Å². The second kappa shape index (κ2) is 8.14. The summed E-state index contributed by atoms with van der Waals surface area (Å²) < 4.78 is 0. The monoisotopic (exact) mass is 369 g/mol. The van der Waals surface area contributed by atoms with E-state index in [2.05, 4.69) is 67.2 Å². The molecular weight excluding hydrogens is 342 g/mol. The molecule has 5 heteroatoms. The minimum absolute atomic E-state index is 0.00533. The topological polar surface area (TPSA) is 58.0 Å². The smallest absolute Gasteiger partial charge is 0.139 e. The Morgan fingerprint density at radius 2 is 1.85 bits per heavy atom. The average Bonchev–Trinajstić information content (AvgIpc) is 3.05. The van der Waals surface area contributed by atoms with E-state index in [9.17, 15) is 5.11 Å². The highest BCUT2D eigenvalue weighted by molar-refractivity contribution is 7.19. The summed E-state index contributed by atoms with van der Waals surface area (Å²) in [6.45, 7) is 8.75. The number of aryl methyl sites for hydroxylation is 1. The number of benzene rings is 1. The van der Waals surface area contributed by atoms with Crippen LogP contribution < -0.4 is 5.32 Å². The number of rotatable bonds is 7. The molecule has 2 heterocycles. The zero-order chi connectivity index (χ0) is 18.7. The third-order valence-electron chi connectivity index (χ3n) is 4.80. The van der Waals surface area contributed by atoms with E-state index < -0.39 is 0 Å². The first kappa shape index (κ1) is 18.8. The van der Waals surface area contributed by atoms with E-state index >= 15 is 0 Å². The van der Waals surface area contributed by atoms with E-state index in [-0.39, 0.29) is 12.6 Å². The first-order valence-corrected chi connectivity index (χ1v) is 10.1. The predicted molar refractivity (Wildman–Crippen MR) is 111 cm³/mol. The molecule has 1 unspecified atom stereocenters. The lowest BCUT2D eigenvalue weighted by Gasteiger charge is -2.16. The van der Waals surface area contributed by atoms with Gasteiger partial charge in [0.15, 0.2) is 0 Å². The maximum atomic E-state index is 9.58. The first-order chi connectivity index (χ1) is 12.6. The molecule has 2 aromatic heterocycles. The molecule has 0 aliphatic carbocycles. The molecule has 0 aliphatic heterocycles. The molecule has 1 aromatic carbocycles. The SMILES string of the molecule is CCc1sc2ncnc(NC(CC)CO)c2c1-c1ccc(C(C)C)cc1. The van der Waals surface area contributed by atoms with Crippen LogP contribution >= 0.6 is 11.3 Å². The molecule has 26 heavy (non-hydrogen) atoms. The Kier molecular flexibility index (Phi) is 5.89. The lowest BCUT2D eigenvalue weighted by Crippen LogP contribution is -2.23. The van der Waals surface area contributed by atoms with Crippen molar-refractivity contribution >= 4 is 27.4 Å². The molecule has 138 valence electrons. The van der Waals surface area contributed by atoms with E-state index in [4.69, 9.17) is 0 Å². The summed E-state index contributed by atoms with van der Waals surface area (Å²) in [7, 11) is 0. The van der Waals surface area contributed by atoms with Crippen molar-refractivity contribution in [3.63, 3.8) is 0 Å². The standard InChI is InChI=1S/C21H27N3OS/c1-5-16(11-25)24-20-19-18(15-9-7-14(8-10-15)13(3)4)17(6-2)26-21(19)23-12-22-20/h7-10,12-13,16,25H,5-6,11H2,1-4H3,(H,22,23,24). The summed E-state index contributed by atoms with van der Waals surface area (Å²) in [5.41, 5.74) is 3.76. The van der Waals surface area contributed by atoms with Crippen molar-refractivity contribution in [2.75, 3.05) is 11.9 Å². The number of thiophene rings is 1. The highest BCUT2D eigenvalue weighted by Gasteiger charge is 2.19. The van der Waals surface area contributed by atoms with Crippen molar-refractivity contribution in [2.24, 2.45) is 0 Å². The fourth-order valence-electron chi connectivity index (χ4n) is 3.15. The minimum atomic E-state index is -0.00533. The van der Waals surface area contributed by atoms with Gasteiger partial charge in [-0.3, -0.25) is 0 Å². The van der Waals surface area contributed by atoms with Crippen LogP contribution in [0, 0.1) is 0 Å². The van der Waals surface area contributed by atoms with Gasteiger partial charge in [0.2, 0.25) is 0 Å². The van der Waals surface area contributed by atoms with Gasteiger partial charge in [-0.15, -0.1) is 11.3 Å². The first-order valence-electron chi connectivity index (χ1n) is 9.33. The fourth-order valence-corrected chi connectivity index (χ4v) is 4.25. The normalized spacial score (nSPS) is 12.7. The van der Waals surface area contributed by atoms with Crippen LogP contribution in [0.4, 0.5) is 5.82 Å². The highest BCUT2D eigenvalue weighted by Crippen LogP contribution is 2.41. The van der Waals surface area contributed by atoms with Crippen LogP contribution in [-0.2, 0) is 6.42 Å². The summed E-state index contributed by atoms with van der Waals surface area (Å²) in [6, 6.07) is 8.83. The number of hydrogen-bond acceptors (Lipinski definition) is 5. The summed E-state index contributed by atoms with van der Waals surface area (Å²) >= 11 is 1.73. The third-order valence-corrected chi connectivity index (χ3v) is 6.04. The number of anilines is 1.